The van der Waals surface area contributed by atoms with E-state index in [1.54, 1.807) is 0 Å². The number of piperidine rings is 3. The molecule has 0 radical (unpaired) electrons. The largest absolute Gasteiger partial charge is 0.458 e. The molecular formula is C17H18IN3O. The Labute approximate surface area is 144 Å². The van der Waals surface area contributed by atoms with E-state index in [4.69, 9.17) is 4.74 Å². The maximum atomic E-state index is 6.04. The van der Waals surface area contributed by atoms with Crippen LogP contribution in [0.15, 0.2) is 36.7 Å². The molecule has 5 rings (SSSR count). The van der Waals surface area contributed by atoms with Gasteiger partial charge in [0.25, 0.3) is 0 Å². The number of hydrogen-bond donors (Lipinski definition) is 0. The summed E-state index contributed by atoms with van der Waals surface area (Å²) in [6.07, 6.45) is 6.46. The molecule has 5 heteroatoms. The molecule has 1 atom stereocenters. The molecule has 3 aliphatic heterocycles. The molecule has 0 spiro atoms. The van der Waals surface area contributed by atoms with Crippen molar-refractivity contribution >= 4 is 22.6 Å². The molecule has 114 valence electrons. The zero-order valence-electron chi connectivity index (χ0n) is 12.3. The highest BCUT2D eigenvalue weighted by atomic mass is 127. The first kappa shape index (κ1) is 14.4. The Morgan fingerprint density at radius 3 is 2.45 bits per heavy atom. The van der Waals surface area contributed by atoms with E-state index >= 15 is 0 Å². The lowest BCUT2D eigenvalue weighted by Crippen LogP contribution is -2.52. The Hall–Kier alpha value is -1.21. The van der Waals surface area contributed by atoms with Crippen molar-refractivity contribution in [3.63, 3.8) is 0 Å². The number of ether oxygens (including phenoxy) is 1. The van der Waals surface area contributed by atoms with Crippen molar-refractivity contribution in [3.05, 3.63) is 40.2 Å². The molecule has 3 saturated heterocycles. The first-order valence-corrected chi connectivity index (χ1v) is 8.83. The van der Waals surface area contributed by atoms with Gasteiger partial charge in [-0.3, -0.25) is 4.90 Å². The summed E-state index contributed by atoms with van der Waals surface area (Å²) in [6.45, 7) is 3.46. The summed E-state index contributed by atoms with van der Waals surface area (Å²) < 4.78 is 7.25. The third-order valence-corrected chi connectivity index (χ3v) is 5.61. The minimum absolute atomic E-state index is 0.255. The van der Waals surface area contributed by atoms with Gasteiger partial charge in [0.05, 0.1) is 0 Å². The molecule has 2 aromatic rings. The molecule has 3 aliphatic rings. The van der Waals surface area contributed by atoms with Gasteiger partial charge in [0, 0.05) is 28.1 Å². The fourth-order valence-electron chi connectivity index (χ4n) is 3.39. The smallest absolute Gasteiger partial charge is 0.316 e. The Bertz CT molecular complexity index is 653. The second-order valence-corrected chi connectivity index (χ2v) is 7.19. The van der Waals surface area contributed by atoms with E-state index in [0.29, 0.717) is 11.9 Å². The molecule has 0 amide bonds. The summed E-state index contributed by atoms with van der Waals surface area (Å²) in [5, 5.41) is 0. The Morgan fingerprint density at radius 2 is 1.82 bits per heavy atom. The maximum absolute atomic E-state index is 6.04. The highest BCUT2D eigenvalue weighted by molar-refractivity contribution is 14.1. The van der Waals surface area contributed by atoms with Crippen LogP contribution in [0.1, 0.15) is 12.8 Å². The van der Waals surface area contributed by atoms with Gasteiger partial charge in [-0.05, 0) is 66.1 Å². The number of aromatic nitrogens is 2. The van der Waals surface area contributed by atoms with Crippen LogP contribution in [-0.4, -0.2) is 40.6 Å². The second-order valence-electron chi connectivity index (χ2n) is 6.03. The molecule has 0 N–H and O–H groups in total. The van der Waals surface area contributed by atoms with Crippen molar-refractivity contribution in [3.8, 4) is 17.1 Å². The molecule has 1 aromatic heterocycles. The Morgan fingerprint density at radius 1 is 1.09 bits per heavy atom. The molecule has 0 unspecified atom stereocenters. The highest BCUT2D eigenvalue weighted by Gasteiger charge is 2.35. The highest BCUT2D eigenvalue weighted by Crippen LogP contribution is 2.30. The summed E-state index contributed by atoms with van der Waals surface area (Å²) >= 11 is 2.34. The lowest BCUT2D eigenvalue weighted by atomic mass is 9.86. The Kier molecular flexibility index (Phi) is 4.00. The van der Waals surface area contributed by atoms with Crippen LogP contribution in [0, 0.1) is 9.49 Å². The first-order valence-electron chi connectivity index (χ1n) is 7.75. The van der Waals surface area contributed by atoms with E-state index in [1.165, 1.54) is 29.5 Å². The molecule has 3 fully saturated rings. The Balaban J connectivity index is 1.49. The van der Waals surface area contributed by atoms with Gasteiger partial charge < -0.3 is 4.74 Å². The SMILES string of the molecule is Ic1ccccc1-c1cnc(O[C@H]2CN3CCC2CC3)nc1. The fraction of sp³-hybridized carbons (Fsp3) is 0.412. The summed E-state index contributed by atoms with van der Waals surface area (Å²) in [7, 11) is 0. The molecule has 0 saturated carbocycles. The summed E-state index contributed by atoms with van der Waals surface area (Å²) in [4.78, 5) is 11.3. The molecule has 2 bridgehead atoms. The topological polar surface area (TPSA) is 38.2 Å². The predicted molar refractivity (Wildman–Crippen MR) is 93.8 cm³/mol. The minimum Gasteiger partial charge on any atom is -0.458 e. The minimum atomic E-state index is 0.255. The average molecular weight is 407 g/mol. The van der Waals surface area contributed by atoms with E-state index in [1.807, 2.05) is 24.5 Å². The van der Waals surface area contributed by atoms with Crippen LogP contribution in [0.2, 0.25) is 0 Å². The third kappa shape index (κ3) is 2.84. The van der Waals surface area contributed by atoms with E-state index in [0.717, 1.165) is 17.7 Å². The van der Waals surface area contributed by atoms with Crippen molar-refractivity contribution in [1.29, 1.82) is 0 Å². The van der Waals surface area contributed by atoms with Gasteiger partial charge in [0.15, 0.2) is 0 Å². The van der Waals surface area contributed by atoms with Crippen LogP contribution in [0.3, 0.4) is 0 Å². The zero-order chi connectivity index (χ0) is 14.9. The van der Waals surface area contributed by atoms with Crippen molar-refractivity contribution in [1.82, 2.24) is 14.9 Å². The van der Waals surface area contributed by atoms with Gasteiger partial charge in [-0.1, -0.05) is 18.2 Å². The van der Waals surface area contributed by atoms with Gasteiger partial charge in [-0.15, -0.1) is 0 Å². The number of fused-ring (bicyclic) bond motifs is 3. The van der Waals surface area contributed by atoms with Crippen LogP contribution in [0.5, 0.6) is 6.01 Å². The van der Waals surface area contributed by atoms with Crippen molar-refractivity contribution in [2.24, 2.45) is 5.92 Å². The maximum Gasteiger partial charge on any atom is 0.316 e. The molecule has 4 nitrogen and oxygen atoms in total. The van der Waals surface area contributed by atoms with E-state index in [2.05, 4.69) is 49.6 Å². The molecule has 0 aliphatic carbocycles. The van der Waals surface area contributed by atoms with Crippen LogP contribution in [0.25, 0.3) is 11.1 Å². The molecule has 1 aromatic carbocycles. The van der Waals surface area contributed by atoms with E-state index < -0.39 is 0 Å². The lowest BCUT2D eigenvalue weighted by Gasteiger charge is -2.43. The average Bonchev–Trinajstić information content (AvgIpc) is 2.57. The molecule has 4 heterocycles. The molecular weight excluding hydrogens is 389 g/mol. The van der Waals surface area contributed by atoms with Gasteiger partial charge in [-0.2, -0.15) is 0 Å². The van der Waals surface area contributed by atoms with Gasteiger partial charge in [0.1, 0.15) is 6.10 Å². The summed E-state index contributed by atoms with van der Waals surface area (Å²) in [5.41, 5.74) is 2.20. The summed E-state index contributed by atoms with van der Waals surface area (Å²) in [5.74, 6) is 0.670. The number of benzene rings is 1. The van der Waals surface area contributed by atoms with Crippen molar-refractivity contribution in [2.45, 2.75) is 18.9 Å². The van der Waals surface area contributed by atoms with Crippen LogP contribution < -0.4 is 4.74 Å². The van der Waals surface area contributed by atoms with Crippen LogP contribution in [-0.2, 0) is 0 Å². The standard InChI is InChI=1S/C17H18IN3O/c18-15-4-2-1-3-14(15)13-9-19-17(20-10-13)22-16-11-21-7-5-12(16)6-8-21/h1-4,9-10,12,16H,5-8,11H2/t16-/m0/s1. The number of rotatable bonds is 3. The second kappa shape index (κ2) is 6.12. The molecule has 22 heavy (non-hydrogen) atoms. The number of halogens is 1. The van der Waals surface area contributed by atoms with E-state index in [-0.39, 0.29) is 6.10 Å². The van der Waals surface area contributed by atoms with Crippen molar-refractivity contribution < 1.29 is 4.74 Å². The first-order chi connectivity index (χ1) is 10.8. The van der Waals surface area contributed by atoms with Gasteiger partial charge >= 0.3 is 6.01 Å². The van der Waals surface area contributed by atoms with Crippen LogP contribution >= 0.6 is 22.6 Å². The summed E-state index contributed by atoms with van der Waals surface area (Å²) in [6, 6.07) is 8.77. The van der Waals surface area contributed by atoms with Crippen LogP contribution in [0.4, 0.5) is 0 Å². The monoisotopic (exact) mass is 407 g/mol. The van der Waals surface area contributed by atoms with Crippen molar-refractivity contribution in [2.75, 3.05) is 19.6 Å². The van der Waals surface area contributed by atoms with E-state index in [9.17, 15) is 0 Å². The predicted octanol–water partition coefficient (Wildman–Crippen LogP) is 3.22. The fourth-order valence-corrected chi connectivity index (χ4v) is 4.09. The quantitative estimate of drug-likeness (QED) is 0.733. The number of hydrogen-bond acceptors (Lipinski definition) is 4. The zero-order valence-corrected chi connectivity index (χ0v) is 14.4. The normalized spacial score (nSPS) is 26.9. The lowest BCUT2D eigenvalue weighted by molar-refractivity contribution is -0.0123. The van der Waals surface area contributed by atoms with Gasteiger partial charge in [-0.25, -0.2) is 9.97 Å². The number of nitrogens with zero attached hydrogens (tertiary/aromatic N) is 3. The third-order valence-electron chi connectivity index (χ3n) is 4.67. The van der Waals surface area contributed by atoms with Gasteiger partial charge in [0.2, 0.25) is 0 Å².